The van der Waals surface area contributed by atoms with Gasteiger partial charge in [-0.25, -0.2) is 0 Å². The van der Waals surface area contributed by atoms with Crippen LogP contribution in [-0.2, 0) is 16.1 Å². The Morgan fingerprint density at radius 1 is 1.20 bits per heavy atom. The van der Waals surface area contributed by atoms with Gasteiger partial charge in [0.1, 0.15) is 6.04 Å². The molecule has 6 heteroatoms. The fourth-order valence-corrected chi connectivity index (χ4v) is 3.61. The maximum Gasteiger partial charge on any atom is 0.255 e. The predicted octanol–water partition coefficient (Wildman–Crippen LogP) is 0.361. The second-order valence-electron chi connectivity index (χ2n) is 6.96. The topological polar surface area (TPSA) is 69.7 Å². The van der Waals surface area contributed by atoms with Crippen molar-refractivity contribution >= 4 is 17.7 Å². The van der Waals surface area contributed by atoms with Crippen LogP contribution in [0, 0.1) is 17.8 Å². The number of carbonyl (C=O) groups is 3. The highest BCUT2D eigenvalue weighted by Crippen LogP contribution is 2.28. The Morgan fingerprint density at radius 2 is 2.00 bits per heavy atom. The number of amides is 3. The Balaban J connectivity index is 1.52. The van der Waals surface area contributed by atoms with Crippen LogP contribution in [-0.4, -0.2) is 53.7 Å². The van der Waals surface area contributed by atoms with Crippen LogP contribution in [0.1, 0.15) is 34.3 Å². The average molecular weight is 337 g/mol. The third-order valence-electron chi connectivity index (χ3n) is 5.01. The summed E-state index contributed by atoms with van der Waals surface area (Å²) in [4.78, 5) is 39.8. The van der Waals surface area contributed by atoms with Gasteiger partial charge >= 0.3 is 0 Å². The summed E-state index contributed by atoms with van der Waals surface area (Å²) >= 11 is 0. The molecule has 3 heterocycles. The van der Waals surface area contributed by atoms with Crippen molar-refractivity contribution in [2.75, 3.05) is 20.1 Å². The highest BCUT2D eigenvalue weighted by atomic mass is 16.2. The average Bonchev–Trinajstić information content (AvgIpc) is 2.87. The molecule has 1 aromatic carbocycles. The zero-order chi connectivity index (χ0) is 17.6. The number of benzene rings is 1. The first kappa shape index (κ1) is 15.9. The molecular formula is C19H19N3O3. The molecule has 6 nitrogen and oxygen atoms in total. The molecule has 0 aromatic heterocycles. The molecule has 3 amide bonds. The zero-order valence-corrected chi connectivity index (χ0v) is 14.0. The highest BCUT2D eigenvalue weighted by molar-refractivity contribution is 6.05. The van der Waals surface area contributed by atoms with Gasteiger partial charge in [0.05, 0.1) is 0 Å². The van der Waals surface area contributed by atoms with Crippen molar-refractivity contribution in [2.45, 2.75) is 25.4 Å². The van der Waals surface area contributed by atoms with E-state index in [9.17, 15) is 14.4 Å². The van der Waals surface area contributed by atoms with E-state index in [4.69, 9.17) is 0 Å². The summed E-state index contributed by atoms with van der Waals surface area (Å²) in [6.45, 7) is 2.38. The lowest BCUT2D eigenvalue weighted by Crippen LogP contribution is -2.52. The molecule has 1 atom stereocenters. The van der Waals surface area contributed by atoms with Gasteiger partial charge in [-0.3, -0.25) is 19.7 Å². The summed E-state index contributed by atoms with van der Waals surface area (Å²) in [5.74, 6) is 5.98. The van der Waals surface area contributed by atoms with Crippen LogP contribution in [0.5, 0.6) is 0 Å². The van der Waals surface area contributed by atoms with E-state index in [-0.39, 0.29) is 24.1 Å². The number of hydrogen-bond donors (Lipinski definition) is 1. The largest absolute Gasteiger partial charge is 0.322 e. The Labute approximate surface area is 146 Å². The normalized spacial score (nSPS) is 23.6. The van der Waals surface area contributed by atoms with Crippen molar-refractivity contribution in [3.8, 4) is 11.8 Å². The van der Waals surface area contributed by atoms with E-state index in [0.717, 1.165) is 24.2 Å². The van der Waals surface area contributed by atoms with Gasteiger partial charge in [-0.2, -0.15) is 0 Å². The molecule has 25 heavy (non-hydrogen) atoms. The number of likely N-dealkylation sites (tertiary alicyclic amines) is 1. The predicted molar refractivity (Wildman–Crippen MR) is 90.4 cm³/mol. The third-order valence-corrected chi connectivity index (χ3v) is 5.01. The van der Waals surface area contributed by atoms with E-state index < -0.39 is 6.04 Å². The van der Waals surface area contributed by atoms with E-state index in [0.29, 0.717) is 24.4 Å². The fraction of sp³-hybridized carbons (Fsp3) is 0.421. The third kappa shape index (κ3) is 2.92. The van der Waals surface area contributed by atoms with E-state index >= 15 is 0 Å². The minimum Gasteiger partial charge on any atom is -0.322 e. The molecule has 1 N–H and O–H groups in total. The summed E-state index contributed by atoms with van der Waals surface area (Å²) in [5.41, 5.74) is 2.35. The van der Waals surface area contributed by atoms with Crippen LogP contribution in [0.4, 0.5) is 0 Å². The van der Waals surface area contributed by atoms with Crippen molar-refractivity contribution in [1.82, 2.24) is 15.1 Å². The van der Waals surface area contributed by atoms with E-state index in [1.807, 2.05) is 18.2 Å². The molecule has 2 saturated heterocycles. The van der Waals surface area contributed by atoms with Crippen LogP contribution in [0.25, 0.3) is 0 Å². The maximum absolute atomic E-state index is 12.7. The minimum atomic E-state index is -0.572. The van der Waals surface area contributed by atoms with Crippen molar-refractivity contribution in [1.29, 1.82) is 0 Å². The smallest absolute Gasteiger partial charge is 0.255 e. The lowest BCUT2D eigenvalue weighted by atomic mass is 10.0. The van der Waals surface area contributed by atoms with Crippen LogP contribution < -0.4 is 5.32 Å². The molecule has 0 saturated carbocycles. The molecule has 0 spiro atoms. The molecule has 0 aliphatic carbocycles. The highest BCUT2D eigenvalue weighted by Gasteiger charge is 2.39. The SMILES string of the molecule is CN1CC(C#Cc2ccc3c(c2)C(=O)N(C2CCC(=O)NC2=O)C3)C1. The zero-order valence-electron chi connectivity index (χ0n) is 14.0. The quantitative estimate of drug-likeness (QED) is 0.593. The van der Waals surface area contributed by atoms with Crippen LogP contribution in [0.2, 0.25) is 0 Å². The van der Waals surface area contributed by atoms with Gasteiger partial charge in [-0.05, 0) is 31.2 Å². The van der Waals surface area contributed by atoms with Gasteiger partial charge in [0.2, 0.25) is 11.8 Å². The van der Waals surface area contributed by atoms with Crippen LogP contribution in [0.3, 0.4) is 0 Å². The van der Waals surface area contributed by atoms with Gasteiger partial charge in [0, 0.05) is 43.1 Å². The van der Waals surface area contributed by atoms with Gasteiger partial charge in [0.25, 0.3) is 5.91 Å². The summed E-state index contributed by atoms with van der Waals surface area (Å²) < 4.78 is 0. The fourth-order valence-electron chi connectivity index (χ4n) is 3.61. The summed E-state index contributed by atoms with van der Waals surface area (Å²) in [7, 11) is 2.07. The molecule has 0 bridgehead atoms. The monoisotopic (exact) mass is 337 g/mol. The molecule has 1 unspecified atom stereocenters. The number of carbonyl (C=O) groups excluding carboxylic acids is 3. The summed E-state index contributed by atoms with van der Waals surface area (Å²) in [5, 5.41) is 2.32. The number of piperidine rings is 1. The Hall–Kier alpha value is -2.65. The van der Waals surface area contributed by atoms with Crippen molar-refractivity contribution in [3.63, 3.8) is 0 Å². The van der Waals surface area contributed by atoms with Gasteiger partial charge in [-0.15, -0.1) is 0 Å². The minimum absolute atomic E-state index is 0.156. The number of fused-ring (bicyclic) bond motifs is 1. The number of rotatable bonds is 1. The molecule has 128 valence electrons. The van der Waals surface area contributed by atoms with Crippen LogP contribution in [0.15, 0.2) is 18.2 Å². The Morgan fingerprint density at radius 3 is 2.72 bits per heavy atom. The molecular weight excluding hydrogens is 318 g/mol. The van der Waals surface area contributed by atoms with Crippen molar-refractivity contribution in [2.24, 2.45) is 5.92 Å². The molecule has 3 aliphatic heterocycles. The first-order chi connectivity index (χ1) is 12.0. The first-order valence-corrected chi connectivity index (χ1v) is 8.49. The second kappa shape index (κ2) is 6.01. The Kier molecular flexibility index (Phi) is 3.81. The molecule has 0 radical (unpaired) electrons. The number of imide groups is 1. The maximum atomic E-state index is 12.7. The Bertz CT molecular complexity index is 830. The number of nitrogens with one attached hydrogen (secondary N) is 1. The molecule has 2 fully saturated rings. The molecule has 4 rings (SSSR count). The van der Waals surface area contributed by atoms with Gasteiger partial charge in [0.15, 0.2) is 0 Å². The first-order valence-electron chi connectivity index (χ1n) is 8.49. The summed E-state index contributed by atoms with van der Waals surface area (Å²) in [6.07, 6.45) is 0.648. The molecule has 1 aromatic rings. The second-order valence-corrected chi connectivity index (χ2v) is 6.96. The van der Waals surface area contributed by atoms with Crippen LogP contribution >= 0.6 is 0 Å². The summed E-state index contributed by atoms with van der Waals surface area (Å²) in [6, 6.07) is 5.09. The van der Waals surface area contributed by atoms with E-state index in [1.165, 1.54) is 0 Å². The van der Waals surface area contributed by atoms with Gasteiger partial charge in [-0.1, -0.05) is 17.9 Å². The van der Waals surface area contributed by atoms with Gasteiger partial charge < -0.3 is 9.80 Å². The number of hydrogen-bond acceptors (Lipinski definition) is 4. The van der Waals surface area contributed by atoms with E-state index in [2.05, 4.69) is 29.1 Å². The lowest BCUT2D eigenvalue weighted by Gasteiger charge is -2.32. The standard InChI is InChI=1S/C19H19N3O3/c1-21-9-13(10-21)3-2-12-4-5-14-11-22(19(25)15(14)8-12)16-6-7-17(23)20-18(16)24/h4-5,8,13,16H,6-7,9-11H2,1H3,(H,20,23,24). The van der Waals surface area contributed by atoms with E-state index in [1.54, 1.807) is 4.90 Å². The van der Waals surface area contributed by atoms with Crippen molar-refractivity contribution < 1.29 is 14.4 Å². The van der Waals surface area contributed by atoms with Crippen molar-refractivity contribution in [3.05, 3.63) is 34.9 Å². The number of nitrogens with zero attached hydrogens (tertiary/aromatic N) is 2. The molecule has 3 aliphatic rings. The lowest BCUT2D eigenvalue weighted by molar-refractivity contribution is -0.136.